The molecular weight excluding hydrogens is 471 g/mol. The number of nitrogens with one attached hydrogen (secondary N) is 2. The molecule has 6 N–H and O–H groups in total. The van der Waals surface area contributed by atoms with E-state index in [0.29, 0.717) is 30.8 Å². The molecular formula is C28H47FN6O2. The van der Waals surface area contributed by atoms with E-state index in [9.17, 15) is 14.0 Å². The van der Waals surface area contributed by atoms with Crippen LogP contribution in [0.4, 0.5) is 4.39 Å². The third-order valence-electron chi connectivity index (χ3n) is 10.4. The number of halogens is 1. The van der Waals surface area contributed by atoms with Gasteiger partial charge in [-0.15, -0.1) is 0 Å². The summed E-state index contributed by atoms with van der Waals surface area (Å²) in [6, 6.07) is 0.679. The molecule has 9 heteroatoms. The minimum atomic E-state index is -0.706. The Morgan fingerprint density at radius 2 is 1.68 bits per heavy atom. The van der Waals surface area contributed by atoms with Gasteiger partial charge in [-0.25, -0.2) is 4.39 Å². The average Bonchev–Trinajstić information content (AvgIpc) is 3.48. The third kappa shape index (κ3) is 6.13. The molecule has 208 valence electrons. The first-order valence-corrected chi connectivity index (χ1v) is 14.9. The lowest BCUT2D eigenvalue weighted by molar-refractivity contribution is -0.127. The van der Waals surface area contributed by atoms with Crippen molar-refractivity contribution in [1.29, 1.82) is 5.41 Å². The minimum absolute atomic E-state index is 0.0130. The largest absolute Gasteiger partial charge is 0.387 e. The highest BCUT2D eigenvalue weighted by molar-refractivity contribution is 5.83. The van der Waals surface area contributed by atoms with Crippen LogP contribution >= 0.6 is 0 Å². The molecule has 0 aromatic heterocycles. The first-order valence-electron chi connectivity index (χ1n) is 14.9. The van der Waals surface area contributed by atoms with Gasteiger partial charge in [0.15, 0.2) is 0 Å². The van der Waals surface area contributed by atoms with E-state index in [-0.39, 0.29) is 47.6 Å². The Morgan fingerprint density at radius 3 is 2.35 bits per heavy atom. The second-order valence-corrected chi connectivity index (χ2v) is 12.8. The van der Waals surface area contributed by atoms with E-state index in [1.807, 2.05) is 0 Å². The Bertz CT molecular complexity index is 849. The van der Waals surface area contributed by atoms with Gasteiger partial charge in [0.05, 0.1) is 11.9 Å². The summed E-state index contributed by atoms with van der Waals surface area (Å²) in [5.74, 6) is 1.27. The molecule has 7 atom stereocenters. The van der Waals surface area contributed by atoms with Gasteiger partial charge in [0, 0.05) is 49.6 Å². The Morgan fingerprint density at radius 1 is 0.919 bits per heavy atom. The quantitative estimate of drug-likeness (QED) is 0.304. The van der Waals surface area contributed by atoms with Gasteiger partial charge in [0.2, 0.25) is 11.8 Å². The topological polar surface area (TPSA) is 129 Å². The number of rotatable bonds is 7. The van der Waals surface area contributed by atoms with Gasteiger partial charge < -0.3 is 16.8 Å². The van der Waals surface area contributed by atoms with Crippen LogP contribution in [0, 0.1) is 29.1 Å². The molecule has 5 fully saturated rings. The summed E-state index contributed by atoms with van der Waals surface area (Å²) >= 11 is 0. The van der Waals surface area contributed by atoms with Gasteiger partial charge in [-0.05, 0) is 95.3 Å². The van der Waals surface area contributed by atoms with Crippen LogP contribution in [0.2, 0.25) is 0 Å². The highest BCUT2D eigenvalue weighted by Crippen LogP contribution is 2.43. The summed E-state index contributed by atoms with van der Waals surface area (Å²) in [5, 5.41) is 11.5. The highest BCUT2D eigenvalue weighted by atomic mass is 19.1. The van der Waals surface area contributed by atoms with Crippen LogP contribution in [0.3, 0.4) is 0 Å². The summed E-state index contributed by atoms with van der Waals surface area (Å²) in [5.41, 5.74) is 11.5. The number of carbonyl (C=O) groups excluding carboxylic acids is 2. The number of fused-ring (bicyclic) bond motifs is 1. The van der Waals surface area contributed by atoms with E-state index in [4.69, 9.17) is 16.9 Å². The molecule has 3 aliphatic carbocycles. The summed E-state index contributed by atoms with van der Waals surface area (Å²) in [6.45, 7) is 2.25. The molecule has 2 amide bonds. The lowest BCUT2D eigenvalue weighted by Crippen LogP contribution is -2.53. The van der Waals surface area contributed by atoms with Crippen molar-refractivity contribution in [1.82, 2.24) is 15.1 Å². The summed E-state index contributed by atoms with van der Waals surface area (Å²) in [4.78, 5) is 30.2. The smallest absolute Gasteiger partial charge is 0.237 e. The predicted octanol–water partition coefficient (Wildman–Crippen LogP) is 2.54. The van der Waals surface area contributed by atoms with Gasteiger partial charge in [-0.2, -0.15) is 0 Å². The molecule has 5 rings (SSSR count). The minimum Gasteiger partial charge on any atom is -0.387 e. The molecule has 0 aromatic rings. The Balaban J connectivity index is 1.24. The SMILES string of the molecule is N=C(N)C1CCC2CC(C(=O)NC3CCCC(N4CC[C@@H](F)C4)C3)N(CC3CCC(C(N)=O)CC3)C2C1. The summed E-state index contributed by atoms with van der Waals surface area (Å²) in [7, 11) is 0. The van der Waals surface area contributed by atoms with E-state index in [1.54, 1.807) is 0 Å². The van der Waals surface area contributed by atoms with Crippen LogP contribution in [0.5, 0.6) is 0 Å². The fourth-order valence-electron chi connectivity index (χ4n) is 8.27. The molecule has 6 unspecified atom stereocenters. The maximum Gasteiger partial charge on any atom is 0.237 e. The van der Waals surface area contributed by atoms with Crippen LogP contribution in [0.25, 0.3) is 0 Å². The van der Waals surface area contributed by atoms with Gasteiger partial charge in [0.25, 0.3) is 0 Å². The Kier molecular flexibility index (Phi) is 8.39. The van der Waals surface area contributed by atoms with E-state index < -0.39 is 6.17 Å². The monoisotopic (exact) mass is 518 g/mol. The number of hydrogen-bond acceptors (Lipinski definition) is 5. The van der Waals surface area contributed by atoms with E-state index >= 15 is 0 Å². The van der Waals surface area contributed by atoms with Crippen molar-refractivity contribution >= 4 is 17.6 Å². The molecule has 2 saturated heterocycles. The van der Waals surface area contributed by atoms with Crippen molar-refractivity contribution in [2.45, 2.75) is 114 Å². The zero-order chi connectivity index (χ0) is 26.1. The van der Waals surface area contributed by atoms with E-state index in [0.717, 1.165) is 90.1 Å². The van der Waals surface area contributed by atoms with Gasteiger partial charge in [-0.3, -0.25) is 24.8 Å². The van der Waals surface area contributed by atoms with Crippen molar-refractivity contribution in [3.05, 3.63) is 0 Å². The molecule has 5 aliphatic rings. The lowest BCUT2D eigenvalue weighted by atomic mass is 9.77. The number of nitrogens with zero attached hydrogens (tertiary/aromatic N) is 2. The van der Waals surface area contributed by atoms with Gasteiger partial charge >= 0.3 is 0 Å². The zero-order valence-corrected chi connectivity index (χ0v) is 22.3. The molecule has 2 aliphatic heterocycles. The van der Waals surface area contributed by atoms with E-state index in [2.05, 4.69) is 15.1 Å². The Hall–Kier alpha value is -1.74. The van der Waals surface area contributed by atoms with Crippen molar-refractivity contribution in [2.75, 3.05) is 19.6 Å². The molecule has 0 aromatic carbocycles. The van der Waals surface area contributed by atoms with Gasteiger partial charge in [-0.1, -0.05) is 0 Å². The number of primary amides is 1. The molecule has 0 radical (unpaired) electrons. The number of hydrogen-bond donors (Lipinski definition) is 4. The van der Waals surface area contributed by atoms with Crippen molar-refractivity contribution in [3.63, 3.8) is 0 Å². The van der Waals surface area contributed by atoms with Crippen molar-refractivity contribution < 1.29 is 14.0 Å². The predicted molar refractivity (Wildman–Crippen MR) is 142 cm³/mol. The number of alkyl halides is 1. The number of amidine groups is 1. The Labute approximate surface area is 220 Å². The second kappa shape index (κ2) is 11.6. The fourth-order valence-corrected chi connectivity index (χ4v) is 8.27. The van der Waals surface area contributed by atoms with Crippen LogP contribution < -0.4 is 16.8 Å². The second-order valence-electron chi connectivity index (χ2n) is 12.8. The first-order chi connectivity index (χ1) is 17.8. The number of carbonyl (C=O) groups is 2. The highest BCUT2D eigenvalue weighted by Gasteiger charge is 2.48. The van der Waals surface area contributed by atoms with Crippen LogP contribution in [-0.2, 0) is 9.59 Å². The van der Waals surface area contributed by atoms with Crippen molar-refractivity contribution in [2.24, 2.45) is 35.1 Å². The number of amides is 2. The average molecular weight is 519 g/mol. The van der Waals surface area contributed by atoms with Crippen LogP contribution in [-0.4, -0.2) is 77.4 Å². The van der Waals surface area contributed by atoms with Crippen molar-refractivity contribution in [3.8, 4) is 0 Å². The van der Waals surface area contributed by atoms with Crippen LogP contribution in [0.15, 0.2) is 0 Å². The van der Waals surface area contributed by atoms with Crippen LogP contribution in [0.1, 0.15) is 83.5 Å². The normalized spacial score (nSPS) is 41.3. The summed E-state index contributed by atoms with van der Waals surface area (Å²) < 4.78 is 13.8. The molecule has 0 spiro atoms. The maximum absolute atomic E-state index is 13.8. The summed E-state index contributed by atoms with van der Waals surface area (Å²) in [6.07, 6.45) is 11.4. The van der Waals surface area contributed by atoms with E-state index in [1.165, 1.54) is 0 Å². The molecule has 37 heavy (non-hydrogen) atoms. The van der Waals surface area contributed by atoms with Gasteiger partial charge in [0.1, 0.15) is 6.17 Å². The maximum atomic E-state index is 13.8. The third-order valence-corrected chi connectivity index (χ3v) is 10.4. The standard InChI is InChI=1S/C28H47FN6O2/c29-21-10-11-34(16-21)23-3-1-2-22(14-23)33-28(37)25-12-19-8-9-20(26(30)31)13-24(19)35(25)15-17-4-6-18(7-5-17)27(32)36/h17-25H,1-16H2,(H3,30,31)(H2,32,36)(H,33,37)/t17?,18?,19?,20?,21-,22?,23?,24?,25?/m1/s1. The molecule has 0 bridgehead atoms. The zero-order valence-electron chi connectivity index (χ0n) is 22.3. The fraction of sp³-hybridized carbons (Fsp3) is 0.893. The number of nitrogens with two attached hydrogens (primary N) is 2. The molecule has 3 saturated carbocycles. The lowest BCUT2D eigenvalue weighted by Gasteiger charge is -2.40. The first kappa shape index (κ1) is 26.9. The molecule has 8 nitrogen and oxygen atoms in total. The molecule has 2 heterocycles. The number of likely N-dealkylation sites (tertiary alicyclic amines) is 2.